The molecule has 0 aromatic rings. The van der Waals surface area contributed by atoms with E-state index in [1.165, 1.54) is 6.92 Å². The molecule has 0 unspecified atom stereocenters. The second kappa shape index (κ2) is 3.90. The molecular formula is C4H5CuO2. The largest absolute Gasteiger partial charge is 1.00 e. The third kappa shape index (κ3) is 5.73. The Kier molecular flexibility index (Phi) is 5.51. The molecule has 0 aromatic heterocycles. The van der Waals surface area contributed by atoms with Gasteiger partial charge in [-0.15, -0.1) is 0 Å². The van der Waals surface area contributed by atoms with Crippen molar-refractivity contribution in [3.8, 4) is 0 Å². The molecule has 0 aliphatic rings. The first-order valence-corrected chi connectivity index (χ1v) is 1.51. The molecule has 0 heterocycles. The third-order valence-electron chi connectivity index (χ3n) is 0.348. The molecule has 2 nitrogen and oxygen atoms in total. The molecule has 0 saturated carbocycles. The van der Waals surface area contributed by atoms with Crippen molar-refractivity contribution < 1.29 is 27.0 Å². The van der Waals surface area contributed by atoms with Crippen molar-refractivity contribution in [1.82, 2.24) is 0 Å². The summed E-state index contributed by atoms with van der Waals surface area (Å²) in [7, 11) is 0. The second-order valence-corrected chi connectivity index (χ2v) is 1.07. The van der Waals surface area contributed by atoms with Gasteiger partial charge in [-0.3, -0.25) is 0 Å². The van der Waals surface area contributed by atoms with Crippen LogP contribution in [0.4, 0.5) is 0 Å². The van der Waals surface area contributed by atoms with Crippen molar-refractivity contribution in [1.29, 1.82) is 0 Å². The molecule has 0 N–H and O–H groups in total. The standard InChI is InChI=1S/C4H6O2.Cu/c1-3(2)4(5)6;/h1H2,2H3,(H,5,6);/q;+1/p-1. The van der Waals surface area contributed by atoms with Crippen LogP contribution in [0, 0.1) is 0 Å². The summed E-state index contributed by atoms with van der Waals surface area (Å²) in [5.74, 6) is -1.19. The van der Waals surface area contributed by atoms with E-state index in [4.69, 9.17) is 0 Å². The van der Waals surface area contributed by atoms with Crippen molar-refractivity contribution in [3.63, 3.8) is 0 Å². The van der Waals surface area contributed by atoms with Crippen molar-refractivity contribution in [2.75, 3.05) is 0 Å². The number of carboxylic acids is 1. The minimum Gasteiger partial charge on any atom is -0.545 e. The molecule has 3 heteroatoms. The van der Waals surface area contributed by atoms with Gasteiger partial charge in [-0.05, 0) is 12.5 Å². The van der Waals surface area contributed by atoms with Gasteiger partial charge in [0.05, 0.1) is 5.97 Å². The second-order valence-electron chi connectivity index (χ2n) is 1.07. The number of aliphatic carboxylic acids is 1. The first kappa shape index (κ1) is 9.88. The summed E-state index contributed by atoms with van der Waals surface area (Å²) in [5, 5.41) is 9.49. The van der Waals surface area contributed by atoms with Crippen LogP contribution in [0.25, 0.3) is 0 Å². The van der Waals surface area contributed by atoms with Crippen LogP contribution in [0.15, 0.2) is 12.2 Å². The van der Waals surface area contributed by atoms with Crippen LogP contribution < -0.4 is 5.11 Å². The Hall–Kier alpha value is -0.271. The topological polar surface area (TPSA) is 40.1 Å². The summed E-state index contributed by atoms with van der Waals surface area (Å²) >= 11 is 0. The Morgan fingerprint density at radius 1 is 1.71 bits per heavy atom. The van der Waals surface area contributed by atoms with E-state index in [1.54, 1.807) is 0 Å². The molecule has 0 amide bonds. The van der Waals surface area contributed by atoms with Gasteiger partial charge in [-0.2, -0.15) is 0 Å². The van der Waals surface area contributed by atoms with E-state index in [0.717, 1.165) is 0 Å². The van der Waals surface area contributed by atoms with Gasteiger partial charge in [-0.25, -0.2) is 0 Å². The zero-order chi connectivity index (χ0) is 5.15. The Morgan fingerprint density at radius 2 is 1.86 bits per heavy atom. The van der Waals surface area contributed by atoms with E-state index in [1.807, 2.05) is 0 Å². The molecule has 0 radical (unpaired) electrons. The Labute approximate surface area is 52.7 Å². The van der Waals surface area contributed by atoms with Crippen molar-refractivity contribution in [2.45, 2.75) is 6.92 Å². The van der Waals surface area contributed by atoms with E-state index < -0.39 is 5.97 Å². The van der Waals surface area contributed by atoms with Gasteiger partial charge in [0.15, 0.2) is 0 Å². The van der Waals surface area contributed by atoms with Gasteiger partial charge in [-0.1, -0.05) is 6.58 Å². The maximum Gasteiger partial charge on any atom is 1.00 e. The fraction of sp³-hybridized carbons (Fsp3) is 0.250. The fourth-order valence-electron chi connectivity index (χ4n) is 0. The van der Waals surface area contributed by atoms with Crippen LogP contribution in [0.3, 0.4) is 0 Å². The normalized spacial score (nSPS) is 6.43. The molecule has 0 bridgehead atoms. The van der Waals surface area contributed by atoms with E-state index in [9.17, 15) is 9.90 Å². The smallest absolute Gasteiger partial charge is 0.545 e. The summed E-state index contributed by atoms with van der Waals surface area (Å²) in [6.45, 7) is 4.48. The summed E-state index contributed by atoms with van der Waals surface area (Å²) < 4.78 is 0. The minimum atomic E-state index is -1.19. The molecule has 0 aromatic carbocycles. The van der Waals surface area contributed by atoms with Gasteiger partial charge in [0.2, 0.25) is 0 Å². The van der Waals surface area contributed by atoms with Crippen molar-refractivity contribution in [2.24, 2.45) is 0 Å². The van der Waals surface area contributed by atoms with Crippen molar-refractivity contribution >= 4 is 5.97 Å². The quantitative estimate of drug-likeness (QED) is 0.365. The monoisotopic (exact) mass is 148 g/mol. The van der Waals surface area contributed by atoms with Crippen LogP contribution in [0.1, 0.15) is 6.92 Å². The van der Waals surface area contributed by atoms with Crippen LogP contribution in [-0.2, 0) is 21.9 Å². The zero-order valence-electron chi connectivity index (χ0n) is 3.83. The third-order valence-corrected chi connectivity index (χ3v) is 0.348. The molecule has 0 rings (SSSR count). The maximum absolute atomic E-state index is 9.49. The number of rotatable bonds is 1. The average Bonchev–Trinajstić information content (AvgIpc) is 1.36. The Balaban J connectivity index is 0. The van der Waals surface area contributed by atoms with Gasteiger partial charge in [0.1, 0.15) is 0 Å². The van der Waals surface area contributed by atoms with Crippen molar-refractivity contribution in [3.05, 3.63) is 12.2 Å². The summed E-state index contributed by atoms with van der Waals surface area (Å²) in [6, 6.07) is 0. The number of carbonyl (C=O) groups excluding carboxylic acids is 1. The summed E-state index contributed by atoms with van der Waals surface area (Å²) in [4.78, 5) is 9.49. The van der Waals surface area contributed by atoms with Gasteiger partial charge >= 0.3 is 17.1 Å². The molecule has 0 saturated heterocycles. The molecule has 0 aliphatic heterocycles. The number of hydrogen-bond donors (Lipinski definition) is 0. The molecule has 44 valence electrons. The molecule has 0 spiro atoms. The predicted molar refractivity (Wildman–Crippen MR) is 19.8 cm³/mol. The average molecular weight is 149 g/mol. The van der Waals surface area contributed by atoms with Crippen LogP contribution in [0.5, 0.6) is 0 Å². The zero-order valence-corrected chi connectivity index (χ0v) is 4.77. The maximum atomic E-state index is 9.49. The van der Waals surface area contributed by atoms with Crippen LogP contribution in [-0.4, -0.2) is 5.97 Å². The Bertz CT molecular complexity index is 75.7. The first-order valence-electron chi connectivity index (χ1n) is 1.51. The molecule has 0 aliphatic carbocycles. The van der Waals surface area contributed by atoms with E-state index in [0.29, 0.717) is 0 Å². The van der Waals surface area contributed by atoms with E-state index in [-0.39, 0.29) is 22.6 Å². The SMILES string of the molecule is C=C(C)C(=O)[O-].[Cu+]. The Morgan fingerprint density at radius 3 is 1.86 bits per heavy atom. The van der Waals surface area contributed by atoms with Gasteiger partial charge < -0.3 is 9.90 Å². The summed E-state index contributed by atoms with van der Waals surface area (Å²) in [6.07, 6.45) is 0. The number of hydrogen-bond acceptors (Lipinski definition) is 2. The van der Waals surface area contributed by atoms with Crippen LogP contribution >= 0.6 is 0 Å². The minimum absolute atomic E-state index is 0. The molecule has 7 heavy (non-hydrogen) atoms. The molecular weight excluding hydrogens is 144 g/mol. The van der Waals surface area contributed by atoms with E-state index >= 15 is 0 Å². The predicted octanol–water partition coefficient (Wildman–Crippen LogP) is -0.690. The number of carboxylic acid groups (broad SMARTS) is 1. The van der Waals surface area contributed by atoms with E-state index in [2.05, 4.69) is 6.58 Å². The molecule has 0 atom stereocenters. The summed E-state index contributed by atoms with van der Waals surface area (Å²) in [5.41, 5.74) is 0.0648. The molecule has 0 fully saturated rings. The first-order chi connectivity index (χ1) is 2.64. The van der Waals surface area contributed by atoms with Gasteiger partial charge in [0.25, 0.3) is 0 Å². The van der Waals surface area contributed by atoms with Gasteiger partial charge in [0, 0.05) is 0 Å². The fourth-order valence-corrected chi connectivity index (χ4v) is 0. The van der Waals surface area contributed by atoms with Crippen LogP contribution in [0.2, 0.25) is 0 Å². The number of carbonyl (C=O) groups is 1.